The fourth-order valence-electron chi connectivity index (χ4n) is 2.77. The second kappa shape index (κ2) is 7.66. The number of thiophene rings is 1. The molecule has 1 aliphatic carbocycles. The van der Waals surface area contributed by atoms with E-state index in [9.17, 15) is 4.79 Å². The lowest BCUT2D eigenvalue weighted by molar-refractivity contribution is 0.0963. The molecule has 3 rings (SSSR count). The van der Waals surface area contributed by atoms with Gasteiger partial charge in [-0.15, -0.1) is 11.3 Å². The van der Waals surface area contributed by atoms with Gasteiger partial charge in [0.1, 0.15) is 0 Å². The summed E-state index contributed by atoms with van der Waals surface area (Å²) in [6, 6.07) is 4.13. The van der Waals surface area contributed by atoms with E-state index in [1.54, 1.807) is 17.5 Å². The van der Waals surface area contributed by atoms with Gasteiger partial charge in [0.2, 0.25) is 5.95 Å². The molecule has 0 spiro atoms. The van der Waals surface area contributed by atoms with Crippen LogP contribution >= 0.6 is 11.3 Å². The SMILES string of the molecule is CCOCCCNc1ncc2c(n1)CC(c1cccs1)CC2=O. The number of carbonyl (C=O) groups excluding carboxylic acids is 1. The zero-order valence-corrected chi connectivity index (χ0v) is 14.1. The Labute approximate surface area is 140 Å². The highest BCUT2D eigenvalue weighted by molar-refractivity contribution is 7.10. The minimum Gasteiger partial charge on any atom is -0.382 e. The summed E-state index contributed by atoms with van der Waals surface area (Å²) < 4.78 is 5.31. The van der Waals surface area contributed by atoms with E-state index in [1.807, 2.05) is 13.0 Å². The number of carbonyl (C=O) groups is 1. The molecule has 0 aliphatic heterocycles. The number of rotatable bonds is 7. The molecule has 6 heteroatoms. The van der Waals surface area contributed by atoms with E-state index in [2.05, 4.69) is 26.7 Å². The standard InChI is InChI=1S/C17H21N3O2S/c1-2-22-7-4-6-18-17-19-11-13-14(20-17)9-12(10-15(13)21)16-5-3-8-23-16/h3,5,8,11-12H,2,4,6-7,9-10H2,1H3,(H,18,19,20). The molecular formula is C17H21N3O2S. The molecule has 0 fully saturated rings. The molecule has 0 aromatic carbocycles. The number of ether oxygens (including phenoxy) is 1. The van der Waals surface area contributed by atoms with Crippen LogP contribution in [0.25, 0.3) is 0 Å². The first-order valence-corrected chi connectivity index (χ1v) is 8.90. The third-order valence-corrected chi connectivity index (χ3v) is 4.97. The molecular weight excluding hydrogens is 310 g/mol. The first-order valence-electron chi connectivity index (χ1n) is 8.02. The Kier molecular flexibility index (Phi) is 5.35. The van der Waals surface area contributed by atoms with Gasteiger partial charge < -0.3 is 10.1 Å². The lowest BCUT2D eigenvalue weighted by Crippen LogP contribution is -2.21. The van der Waals surface area contributed by atoms with Gasteiger partial charge >= 0.3 is 0 Å². The molecule has 5 nitrogen and oxygen atoms in total. The van der Waals surface area contributed by atoms with Crippen LogP contribution in [0.15, 0.2) is 23.7 Å². The first kappa shape index (κ1) is 16.1. The maximum Gasteiger partial charge on any atom is 0.222 e. The molecule has 122 valence electrons. The van der Waals surface area contributed by atoms with E-state index >= 15 is 0 Å². The lowest BCUT2D eigenvalue weighted by Gasteiger charge is -2.22. The highest BCUT2D eigenvalue weighted by Gasteiger charge is 2.28. The monoisotopic (exact) mass is 331 g/mol. The van der Waals surface area contributed by atoms with E-state index < -0.39 is 0 Å². The van der Waals surface area contributed by atoms with Crippen LogP contribution in [0.1, 0.15) is 46.6 Å². The van der Waals surface area contributed by atoms with E-state index in [0.29, 0.717) is 17.9 Å². The van der Waals surface area contributed by atoms with Gasteiger partial charge in [0.05, 0.1) is 11.3 Å². The Morgan fingerprint density at radius 1 is 1.43 bits per heavy atom. The quantitative estimate of drug-likeness (QED) is 0.789. The van der Waals surface area contributed by atoms with Crippen molar-refractivity contribution in [2.24, 2.45) is 0 Å². The smallest absolute Gasteiger partial charge is 0.222 e. The van der Waals surface area contributed by atoms with Gasteiger partial charge in [0, 0.05) is 43.2 Å². The first-order chi connectivity index (χ1) is 11.3. The molecule has 2 heterocycles. The number of hydrogen-bond donors (Lipinski definition) is 1. The highest BCUT2D eigenvalue weighted by atomic mass is 32.1. The fraction of sp³-hybridized carbons (Fsp3) is 0.471. The van der Waals surface area contributed by atoms with Gasteiger partial charge in [-0.3, -0.25) is 4.79 Å². The molecule has 0 radical (unpaired) electrons. The number of ketones is 1. The summed E-state index contributed by atoms with van der Waals surface area (Å²) >= 11 is 1.71. The molecule has 0 bridgehead atoms. The van der Waals surface area contributed by atoms with Crippen molar-refractivity contribution >= 4 is 23.1 Å². The Balaban J connectivity index is 1.66. The second-order valence-corrected chi connectivity index (χ2v) is 6.55. The Hall–Kier alpha value is -1.79. The van der Waals surface area contributed by atoms with Crippen molar-refractivity contribution < 1.29 is 9.53 Å². The van der Waals surface area contributed by atoms with Crippen LogP contribution in [0.3, 0.4) is 0 Å². The average Bonchev–Trinajstić information content (AvgIpc) is 3.09. The number of anilines is 1. The molecule has 0 saturated carbocycles. The van der Waals surface area contributed by atoms with Crippen LogP contribution in [-0.2, 0) is 11.2 Å². The number of fused-ring (bicyclic) bond motifs is 1. The summed E-state index contributed by atoms with van der Waals surface area (Å²) in [5.74, 6) is 0.989. The second-order valence-electron chi connectivity index (χ2n) is 5.57. The zero-order chi connectivity index (χ0) is 16.1. The molecule has 2 aromatic rings. The highest BCUT2D eigenvalue weighted by Crippen LogP contribution is 2.34. The summed E-state index contributed by atoms with van der Waals surface area (Å²) in [5.41, 5.74) is 1.54. The Morgan fingerprint density at radius 3 is 3.13 bits per heavy atom. The Bertz CT molecular complexity index is 658. The molecule has 2 aromatic heterocycles. The van der Waals surface area contributed by atoms with Crippen LogP contribution in [0.4, 0.5) is 5.95 Å². The van der Waals surface area contributed by atoms with Crippen LogP contribution in [0, 0.1) is 0 Å². The average molecular weight is 331 g/mol. The number of aromatic nitrogens is 2. The van der Waals surface area contributed by atoms with Crippen LogP contribution in [0.5, 0.6) is 0 Å². The van der Waals surface area contributed by atoms with Gasteiger partial charge in [0.25, 0.3) is 0 Å². The van der Waals surface area contributed by atoms with Crippen molar-refractivity contribution in [2.45, 2.75) is 32.1 Å². The topological polar surface area (TPSA) is 64.1 Å². The summed E-state index contributed by atoms with van der Waals surface area (Å²) in [6.45, 7) is 4.22. The zero-order valence-electron chi connectivity index (χ0n) is 13.2. The number of hydrogen-bond acceptors (Lipinski definition) is 6. The van der Waals surface area contributed by atoms with Gasteiger partial charge in [-0.25, -0.2) is 9.97 Å². The summed E-state index contributed by atoms with van der Waals surface area (Å²) in [6.07, 6.45) is 3.93. The van der Waals surface area contributed by atoms with Gasteiger partial charge in [0.15, 0.2) is 5.78 Å². The van der Waals surface area contributed by atoms with Gasteiger partial charge in [-0.05, 0) is 31.2 Å². The lowest BCUT2D eigenvalue weighted by atomic mass is 9.86. The number of nitrogens with one attached hydrogen (secondary N) is 1. The third kappa shape index (κ3) is 3.95. The van der Waals surface area contributed by atoms with E-state index in [0.717, 1.165) is 38.3 Å². The minimum absolute atomic E-state index is 0.146. The van der Waals surface area contributed by atoms with Crippen molar-refractivity contribution in [3.05, 3.63) is 39.8 Å². The normalized spacial score (nSPS) is 17.1. The summed E-state index contributed by atoms with van der Waals surface area (Å²) in [4.78, 5) is 22.4. The predicted octanol–water partition coefficient (Wildman–Crippen LogP) is 3.29. The molecule has 1 N–H and O–H groups in total. The molecule has 0 saturated heterocycles. The van der Waals surface area contributed by atoms with E-state index in [4.69, 9.17) is 4.74 Å². The van der Waals surface area contributed by atoms with Crippen molar-refractivity contribution in [2.75, 3.05) is 25.1 Å². The summed E-state index contributed by atoms with van der Waals surface area (Å²) in [5, 5.41) is 5.26. The summed E-state index contributed by atoms with van der Waals surface area (Å²) in [7, 11) is 0. The molecule has 1 unspecified atom stereocenters. The largest absolute Gasteiger partial charge is 0.382 e. The van der Waals surface area contributed by atoms with Crippen molar-refractivity contribution in [3.63, 3.8) is 0 Å². The molecule has 23 heavy (non-hydrogen) atoms. The van der Waals surface area contributed by atoms with Gasteiger partial charge in [-0.2, -0.15) is 0 Å². The van der Waals surface area contributed by atoms with Crippen LogP contribution < -0.4 is 5.32 Å². The maximum atomic E-state index is 12.3. The van der Waals surface area contributed by atoms with Crippen LogP contribution in [-0.4, -0.2) is 35.5 Å². The van der Waals surface area contributed by atoms with Crippen LogP contribution in [0.2, 0.25) is 0 Å². The maximum absolute atomic E-state index is 12.3. The predicted molar refractivity (Wildman–Crippen MR) is 91.3 cm³/mol. The van der Waals surface area contributed by atoms with Gasteiger partial charge in [-0.1, -0.05) is 6.07 Å². The van der Waals surface area contributed by atoms with Crippen molar-refractivity contribution in [1.82, 2.24) is 9.97 Å². The fourth-order valence-corrected chi connectivity index (χ4v) is 3.60. The Morgan fingerprint density at radius 2 is 2.35 bits per heavy atom. The number of Topliss-reactive ketones (excluding diaryl/α,β-unsaturated/α-hetero) is 1. The third-order valence-electron chi connectivity index (χ3n) is 3.94. The van der Waals surface area contributed by atoms with Crippen molar-refractivity contribution in [1.29, 1.82) is 0 Å². The molecule has 1 aliphatic rings. The minimum atomic E-state index is 0.146. The number of nitrogens with zero attached hydrogens (tertiary/aromatic N) is 2. The molecule has 0 amide bonds. The van der Waals surface area contributed by atoms with E-state index in [1.165, 1.54) is 4.88 Å². The van der Waals surface area contributed by atoms with Crippen molar-refractivity contribution in [3.8, 4) is 0 Å². The van der Waals surface area contributed by atoms with E-state index in [-0.39, 0.29) is 11.7 Å². The molecule has 1 atom stereocenters.